The number of hydrogen-bond acceptors (Lipinski definition) is 6. The molecule has 0 radical (unpaired) electrons. The maximum Gasteiger partial charge on any atom is 0.405 e. The minimum Gasteiger partial charge on any atom is -0.457 e. The first-order valence-electron chi connectivity index (χ1n) is 7.45. The van der Waals surface area contributed by atoms with Crippen molar-refractivity contribution < 1.29 is 22.7 Å². The summed E-state index contributed by atoms with van der Waals surface area (Å²) >= 11 is 12.6. The van der Waals surface area contributed by atoms with Gasteiger partial charge in [-0.25, -0.2) is 4.79 Å². The van der Waals surface area contributed by atoms with Crippen molar-refractivity contribution in [1.82, 2.24) is 19.6 Å². The molecule has 0 aliphatic carbocycles. The van der Waals surface area contributed by atoms with E-state index in [1.54, 1.807) is 0 Å². The van der Waals surface area contributed by atoms with Crippen LogP contribution in [0.15, 0.2) is 18.5 Å². The smallest absolute Gasteiger partial charge is 0.405 e. The number of anilines is 1. The van der Waals surface area contributed by atoms with E-state index in [9.17, 15) is 18.0 Å². The molecule has 27 heavy (non-hydrogen) atoms. The first-order chi connectivity index (χ1) is 12.8. The Balaban J connectivity index is 1.94. The maximum absolute atomic E-state index is 12.8. The van der Waals surface area contributed by atoms with Gasteiger partial charge >= 0.3 is 12.1 Å². The van der Waals surface area contributed by atoms with Crippen LogP contribution in [0.4, 0.5) is 19.0 Å². The van der Waals surface area contributed by atoms with Gasteiger partial charge in [-0.3, -0.25) is 0 Å². The van der Waals surface area contributed by atoms with Gasteiger partial charge in [0.15, 0.2) is 0 Å². The second kappa shape index (κ2) is 6.24. The Morgan fingerprint density at radius 3 is 2.74 bits per heavy atom. The highest BCUT2D eigenvalue weighted by Gasteiger charge is 2.31. The molecular weight excluding hydrogens is 410 g/mol. The Labute approximate surface area is 159 Å². The lowest BCUT2D eigenvalue weighted by atomic mass is 10.0. The topological polar surface area (TPSA) is 81.4 Å². The Kier molecular flexibility index (Phi) is 4.11. The van der Waals surface area contributed by atoms with Crippen LogP contribution < -0.4 is 5.32 Å². The van der Waals surface area contributed by atoms with E-state index in [4.69, 9.17) is 27.9 Å². The van der Waals surface area contributed by atoms with Crippen LogP contribution in [0.2, 0.25) is 10.2 Å². The number of carbonyl (C=O) groups is 1. The molecule has 0 saturated heterocycles. The summed E-state index contributed by atoms with van der Waals surface area (Å²) in [6, 6.07) is 2.94. The van der Waals surface area contributed by atoms with E-state index in [0.717, 1.165) is 10.8 Å². The third-order valence-corrected chi connectivity index (χ3v) is 4.62. The number of hydrogen-bond donors (Lipinski definition) is 1. The van der Waals surface area contributed by atoms with E-state index in [2.05, 4.69) is 20.4 Å². The number of rotatable bonds is 3. The van der Waals surface area contributed by atoms with Crippen molar-refractivity contribution in [2.45, 2.75) is 12.8 Å². The molecule has 0 unspecified atom stereocenters. The van der Waals surface area contributed by atoms with Crippen LogP contribution in [0.3, 0.4) is 0 Å². The van der Waals surface area contributed by atoms with E-state index < -0.39 is 18.7 Å². The van der Waals surface area contributed by atoms with Crippen LogP contribution >= 0.6 is 23.2 Å². The normalized spacial score (nSPS) is 13.7. The molecular formula is C15H8Cl2F3N5O2. The number of carbonyl (C=O) groups excluding carboxylic acids is 1. The molecule has 0 amide bonds. The molecule has 0 saturated carbocycles. The first kappa shape index (κ1) is 17.8. The molecule has 3 heterocycles. The Bertz CT molecular complexity index is 1080. The van der Waals surface area contributed by atoms with Gasteiger partial charge in [0.05, 0.1) is 16.1 Å². The van der Waals surface area contributed by atoms with E-state index in [1.165, 1.54) is 12.1 Å². The molecule has 0 fully saturated rings. The van der Waals surface area contributed by atoms with Crippen molar-refractivity contribution in [1.29, 1.82) is 0 Å². The van der Waals surface area contributed by atoms with Crippen molar-refractivity contribution in [3.63, 3.8) is 0 Å². The second-order valence-electron chi connectivity index (χ2n) is 5.60. The average molecular weight is 418 g/mol. The molecule has 1 aliphatic rings. The standard InChI is InChI=1S/C15H8Cl2F3N5O2/c16-10-7(2-1-6-8(10)3-27-13(6)26)9-11(17)24-14-22-5-23-25(14)12(9)21-4-15(18,19)20/h1-2,5,21H,3-4H2. The van der Waals surface area contributed by atoms with Crippen LogP contribution in [0.5, 0.6) is 0 Å². The third kappa shape index (κ3) is 3.04. The summed E-state index contributed by atoms with van der Waals surface area (Å²) in [4.78, 5) is 19.6. The molecule has 2 aromatic heterocycles. The molecule has 1 aromatic carbocycles. The molecule has 0 bridgehead atoms. The minimum absolute atomic E-state index is 0.0178. The molecule has 4 rings (SSSR count). The first-order valence-corrected chi connectivity index (χ1v) is 8.20. The van der Waals surface area contributed by atoms with Gasteiger partial charge in [-0.1, -0.05) is 29.3 Å². The van der Waals surface area contributed by atoms with Gasteiger partial charge in [0.1, 0.15) is 30.4 Å². The van der Waals surface area contributed by atoms with Gasteiger partial charge in [0.25, 0.3) is 5.78 Å². The summed E-state index contributed by atoms with van der Waals surface area (Å²) in [6.45, 7) is -1.37. The van der Waals surface area contributed by atoms with Crippen LogP contribution in [0.1, 0.15) is 15.9 Å². The number of nitrogens with zero attached hydrogens (tertiary/aromatic N) is 4. The zero-order chi connectivity index (χ0) is 19.3. The van der Waals surface area contributed by atoms with E-state index in [0.29, 0.717) is 11.1 Å². The average Bonchev–Trinajstić information content (AvgIpc) is 3.20. The fourth-order valence-electron chi connectivity index (χ4n) is 2.76. The van der Waals surface area contributed by atoms with Gasteiger partial charge in [0, 0.05) is 11.1 Å². The Morgan fingerprint density at radius 1 is 1.26 bits per heavy atom. The van der Waals surface area contributed by atoms with Gasteiger partial charge in [-0.2, -0.15) is 32.8 Å². The number of aromatic nitrogens is 4. The molecule has 0 spiro atoms. The highest BCUT2D eigenvalue weighted by Crippen LogP contribution is 2.42. The van der Waals surface area contributed by atoms with Gasteiger partial charge in [-0.15, -0.1) is 0 Å². The summed E-state index contributed by atoms with van der Waals surface area (Å²) in [5.41, 5.74) is 1.11. The monoisotopic (exact) mass is 417 g/mol. The number of cyclic esters (lactones) is 1. The number of alkyl halides is 3. The Hall–Kier alpha value is -2.59. The summed E-state index contributed by atoms with van der Waals surface area (Å²) in [6.07, 6.45) is -3.35. The highest BCUT2D eigenvalue weighted by molar-refractivity contribution is 6.37. The van der Waals surface area contributed by atoms with Crippen molar-refractivity contribution in [2.75, 3.05) is 11.9 Å². The molecule has 1 N–H and O–H groups in total. The predicted molar refractivity (Wildman–Crippen MR) is 89.9 cm³/mol. The number of esters is 1. The van der Waals surface area contributed by atoms with Crippen molar-refractivity contribution >= 4 is 40.8 Å². The number of nitrogens with one attached hydrogen (secondary N) is 1. The minimum atomic E-state index is -4.48. The predicted octanol–water partition coefficient (Wildman–Crippen LogP) is 3.74. The van der Waals surface area contributed by atoms with E-state index in [-0.39, 0.29) is 39.5 Å². The lowest BCUT2D eigenvalue weighted by Crippen LogP contribution is -2.23. The number of fused-ring (bicyclic) bond motifs is 2. The lowest BCUT2D eigenvalue weighted by molar-refractivity contribution is -0.115. The maximum atomic E-state index is 12.8. The van der Waals surface area contributed by atoms with Gasteiger partial charge in [0.2, 0.25) is 0 Å². The number of ether oxygens (including phenoxy) is 1. The van der Waals surface area contributed by atoms with E-state index in [1.807, 2.05) is 0 Å². The zero-order valence-corrected chi connectivity index (χ0v) is 14.7. The highest BCUT2D eigenvalue weighted by atomic mass is 35.5. The largest absolute Gasteiger partial charge is 0.457 e. The van der Waals surface area contributed by atoms with Crippen molar-refractivity contribution in [3.8, 4) is 11.1 Å². The molecule has 1 aliphatic heterocycles. The SMILES string of the molecule is O=C1OCc2c1ccc(-c1c(Cl)nc3ncnn3c1NCC(F)(F)F)c2Cl. The van der Waals surface area contributed by atoms with Gasteiger partial charge in [-0.05, 0) is 6.07 Å². The summed E-state index contributed by atoms with van der Waals surface area (Å²) < 4.78 is 44.3. The molecule has 3 aromatic rings. The molecule has 7 nitrogen and oxygen atoms in total. The van der Waals surface area contributed by atoms with Crippen molar-refractivity contribution in [2.24, 2.45) is 0 Å². The number of benzene rings is 1. The van der Waals surface area contributed by atoms with Gasteiger partial charge < -0.3 is 10.1 Å². The zero-order valence-electron chi connectivity index (χ0n) is 13.1. The van der Waals surface area contributed by atoms with Crippen LogP contribution in [0, 0.1) is 0 Å². The van der Waals surface area contributed by atoms with Crippen molar-refractivity contribution in [3.05, 3.63) is 39.8 Å². The molecule has 140 valence electrons. The Morgan fingerprint density at radius 2 is 2.00 bits per heavy atom. The number of halogens is 5. The molecule has 0 atom stereocenters. The third-order valence-electron chi connectivity index (χ3n) is 3.92. The quantitative estimate of drug-likeness (QED) is 0.516. The summed E-state index contributed by atoms with van der Waals surface area (Å²) in [5.74, 6) is -0.582. The van der Waals surface area contributed by atoms with Crippen LogP contribution in [0.25, 0.3) is 16.9 Å². The van der Waals surface area contributed by atoms with Crippen LogP contribution in [-0.4, -0.2) is 38.3 Å². The van der Waals surface area contributed by atoms with Crippen LogP contribution in [-0.2, 0) is 11.3 Å². The fraction of sp³-hybridized carbons (Fsp3) is 0.200. The molecule has 12 heteroatoms. The lowest BCUT2D eigenvalue weighted by Gasteiger charge is -2.17. The fourth-order valence-corrected chi connectivity index (χ4v) is 3.35. The van der Waals surface area contributed by atoms with E-state index >= 15 is 0 Å². The summed E-state index contributed by atoms with van der Waals surface area (Å²) in [7, 11) is 0. The second-order valence-corrected chi connectivity index (χ2v) is 6.33. The summed E-state index contributed by atoms with van der Waals surface area (Å²) in [5, 5.41) is 6.19.